The fourth-order valence-electron chi connectivity index (χ4n) is 6.00. The molecular formula is C37H48BrClN6O4. The molecule has 1 aromatic heterocycles. The Morgan fingerprint density at radius 3 is 1.41 bits per heavy atom. The maximum atomic E-state index is 13.1. The standard InChI is InChI=1S/C37H47ClN6O4.BrH/c1-46-30-16-10-27(11-17-30)7-4-23-44(24-5-8-28-12-18-31(47-2)19-13-28,25-6-9-29-14-20-32(48-3)21-15-29)26-22-41-37(45)33-35(39)43-36(40)34(38)42-33;/h10-21H,4-9,22-26H2,1-3H3,(H4-,39,40,41,43,45);1H. The van der Waals surface area contributed by atoms with E-state index in [9.17, 15) is 4.79 Å². The van der Waals surface area contributed by atoms with E-state index >= 15 is 0 Å². The highest BCUT2D eigenvalue weighted by atomic mass is 79.9. The smallest absolute Gasteiger partial charge is 0.273 e. The number of rotatable bonds is 19. The molecule has 3 aromatic carbocycles. The summed E-state index contributed by atoms with van der Waals surface area (Å²) >= 11 is 6.05. The second kappa shape index (κ2) is 19.8. The molecule has 1 heterocycles. The van der Waals surface area contributed by atoms with Gasteiger partial charge in [0.15, 0.2) is 22.5 Å². The molecule has 0 saturated carbocycles. The maximum Gasteiger partial charge on any atom is 0.273 e. The van der Waals surface area contributed by atoms with E-state index in [1.165, 1.54) is 16.7 Å². The van der Waals surface area contributed by atoms with E-state index in [4.69, 9.17) is 37.3 Å². The van der Waals surface area contributed by atoms with E-state index < -0.39 is 5.91 Å². The van der Waals surface area contributed by atoms with Gasteiger partial charge in [-0.1, -0.05) is 48.0 Å². The summed E-state index contributed by atoms with van der Waals surface area (Å²) in [7, 11) is 5.04. The minimum absolute atomic E-state index is 0. The normalized spacial score (nSPS) is 11.0. The molecule has 0 spiro atoms. The third-order valence-electron chi connectivity index (χ3n) is 8.76. The van der Waals surface area contributed by atoms with Crippen LogP contribution in [0.25, 0.3) is 0 Å². The van der Waals surface area contributed by atoms with Gasteiger partial charge >= 0.3 is 0 Å². The molecule has 0 aliphatic heterocycles. The van der Waals surface area contributed by atoms with Crippen molar-refractivity contribution in [1.29, 1.82) is 0 Å². The van der Waals surface area contributed by atoms with Crippen LogP contribution in [0.4, 0.5) is 11.6 Å². The number of nitrogen functional groups attached to an aromatic ring is 2. The molecule has 12 heteroatoms. The summed E-state index contributed by atoms with van der Waals surface area (Å²) in [5, 5.41) is 2.98. The predicted molar refractivity (Wildman–Crippen MR) is 192 cm³/mol. The highest BCUT2D eigenvalue weighted by Crippen LogP contribution is 2.21. The summed E-state index contributed by atoms with van der Waals surface area (Å²) < 4.78 is 16.9. The van der Waals surface area contributed by atoms with Gasteiger partial charge in [0.05, 0.1) is 54.1 Å². The minimum Gasteiger partial charge on any atom is -1.00 e. The van der Waals surface area contributed by atoms with Crippen LogP contribution in [0.5, 0.6) is 17.2 Å². The molecule has 0 unspecified atom stereocenters. The predicted octanol–water partition coefficient (Wildman–Crippen LogP) is 2.77. The molecule has 1 amide bonds. The summed E-state index contributed by atoms with van der Waals surface area (Å²) in [4.78, 5) is 21.2. The first-order valence-corrected chi connectivity index (χ1v) is 16.7. The summed E-state index contributed by atoms with van der Waals surface area (Å²) in [6, 6.07) is 24.8. The zero-order chi connectivity index (χ0) is 34.4. The first kappa shape index (κ1) is 39.4. The van der Waals surface area contributed by atoms with E-state index in [1.807, 2.05) is 36.4 Å². The lowest BCUT2D eigenvalue weighted by molar-refractivity contribution is -0.927. The van der Waals surface area contributed by atoms with Crippen LogP contribution in [-0.4, -0.2) is 74.4 Å². The lowest BCUT2D eigenvalue weighted by Crippen LogP contribution is -3.00. The lowest BCUT2D eigenvalue weighted by Gasteiger charge is -2.39. The number of nitrogens with one attached hydrogen (secondary N) is 1. The number of hydrogen-bond donors (Lipinski definition) is 3. The Bertz CT molecular complexity index is 1460. The van der Waals surface area contributed by atoms with E-state index in [0.717, 1.165) is 86.4 Å². The number of methoxy groups -OCH3 is 3. The number of nitrogens with two attached hydrogens (primary N) is 2. The van der Waals surface area contributed by atoms with Crippen LogP contribution in [0.3, 0.4) is 0 Å². The summed E-state index contributed by atoms with van der Waals surface area (Å²) in [5.74, 6) is 2.08. The molecule has 0 radical (unpaired) electrons. The highest BCUT2D eigenvalue weighted by Gasteiger charge is 2.27. The van der Waals surface area contributed by atoms with Crippen molar-refractivity contribution in [3.63, 3.8) is 0 Å². The van der Waals surface area contributed by atoms with Gasteiger partial charge in [-0.3, -0.25) is 4.79 Å². The van der Waals surface area contributed by atoms with Crippen molar-refractivity contribution < 1.29 is 40.5 Å². The Morgan fingerprint density at radius 1 is 0.653 bits per heavy atom. The van der Waals surface area contributed by atoms with Gasteiger partial charge < -0.3 is 52.5 Å². The van der Waals surface area contributed by atoms with E-state index in [0.29, 0.717) is 6.54 Å². The van der Waals surface area contributed by atoms with Crippen molar-refractivity contribution in [2.24, 2.45) is 0 Å². The van der Waals surface area contributed by atoms with Gasteiger partial charge in [0.25, 0.3) is 5.91 Å². The number of nitrogens with zero attached hydrogens (tertiary/aromatic N) is 3. The first-order chi connectivity index (χ1) is 23.2. The second-order valence-electron chi connectivity index (χ2n) is 12.0. The number of quaternary nitrogens is 1. The average Bonchev–Trinajstić information content (AvgIpc) is 3.10. The number of amides is 1. The number of anilines is 2. The second-order valence-corrected chi connectivity index (χ2v) is 12.3. The quantitative estimate of drug-likeness (QED) is 0.125. The maximum absolute atomic E-state index is 13.1. The molecule has 0 atom stereocenters. The molecule has 0 aliphatic carbocycles. The van der Waals surface area contributed by atoms with Crippen LogP contribution in [0, 0.1) is 0 Å². The van der Waals surface area contributed by atoms with Crippen molar-refractivity contribution in [2.75, 3.05) is 65.5 Å². The number of aryl methyl sites for hydroxylation is 3. The number of carbonyl (C=O) groups is 1. The number of hydrogen-bond acceptors (Lipinski definition) is 8. The molecule has 49 heavy (non-hydrogen) atoms. The zero-order valence-corrected chi connectivity index (χ0v) is 30.9. The molecular weight excluding hydrogens is 708 g/mol. The summed E-state index contributed by atoms with van der Waals surface area (Å²) in [6.45, 7) is 4.07. The monoisotopic (exact) mass is 754 g/mol. The Labute approximate surface area is 305 Å². The van der Waals surface area contributed by atoms with Gasteiger partial charge in [-0.15, -0.1) is 0 Å². The average molecular weight is 756 g/mol. The van der Waals surface area contributed by atoms with Crippen molar-refractivity contribution in [3.8, 4) is 17.2 Å². The van der Waals surface area contributed by atoms with Crippen LogP contribution >= 0.6 is 11.6 Å². The lowest BCUT2D eigenvalue weighted by atomic mass is 10.0. The molecule has 0 fully saturated rings. The number of ether oxygens (including phenoxy) is 3. The van der Waals surface area contributed by atoms with Gasteiger partial charge in [0.1, 0.15) is 17.2 Å². The van der Waals surface area contributed by atoms with Crippen molar-refractivity contribution in [3.05, 3.63) is 100 Å². The van der Waals surface area contributed by atoms with Gasteiger partial charge in [0, 0.05) is 19.3 Å². The molecule has 4 rings (SSSR count). The fraction of sp³-hybridized carbons (Fsp3) is 0.378. The van der Waals surface area contributed by atoms with Gasteiger partial charge in [-0.2, -0.15) is 0 Å². The number of halogens is 2. The van der Waals surface area contributed by atoms with Crippen molar-refractivity contribution >= 4 is 29.1 Å². The third kappa shape index (κ3) is 12.1. The van der Waals surface area contributed by atoms with E-state index in [-0.39, 0.29) is 39.5 Å². The van der Waals surface area contributed by atoms with Crippen LogP contribution in [0.1, 0.15) is 46.4 Å². The Morgan fingerprint density at radius 2 is 1.04 bits per heavy atom. The number of benzene rings is 3. The molecule has 264 valence electrons. The fourth-order valence-corrected chi connectivity index (χ4v) is 6.13. The number of carbonyl (C=O) groups excluding carboxylic acids is 1. The Balaban J connectivity index is 0.00000650. The summed E-state index contributed by atoms with van der Waals surface area (Å²) in [5.41, 5.74) is 15.5. The van der Waals surface area contributed by atoms with Gasteiger partial charge in [-0.05, 0) is 72.4 Å². The van der Waals surface area contributed by atoms with Crippen molar-refractivity contribution in [1.82, 2.24) is 15.3 Å². The van der Waals surface area contributed by atoms with Gasteiger partial charge in [0.2, 0.25) is 0 Å². The molecule has 5 N–H and O–H groups in total. The van der Waals surface area contributed by atoms with Crippen molar-refractivity contribution in [2.45, 2.75) is 38.5 Å². The molecule has 0 aliphatic rings. The van der Waals surface area contributed by atoms with E-state index in [2.05, 4.69) is 51.7 Å². The van der Waals surface area contributed by atoms with Crippen LogP contribution in [-0.2, 0) is 19.3 Å². The van der Waals surface area contributed by atoms with Crippen LogP contribution < -0.4 is 48.0 Å². The van der Waals surface area contributed by atoms with Crippen LogP contribution in [0.2, 0.25) is 5.15 Å². The van der Waals surface area contributed by atoms with E-state index in [1.54, 1.807) is 21.3 Å². The van der Waals surface area contributed by atoms with Crippen LogP contribution in [0.15, 0.2) is 72.8 Å². The third-order valence-corrected chi connectivity index (χ3v) is 9.04. The minimum atomic E-state index is -0.422. The topological polar surface area (TPSA) is 135 Å². The molecule has 0 saturated heterocycles. The first-order valence-electron chi connectivity index (χ1n) is 16.3. The highest BCUT2D eigenvalue weighted by molar-refractivity contribution is 6.31. The molecule has 0 bridgehead atoms. The van der Waals surface area contributed by atoms with Gasteiger partial charge in [-0.25, -0.2) is 9.97 Å². The molecule has 4 aromatic rings. The number of aromatic nitrogens is 2. The zero-order valence-electron chi connectivity index (χ0n) is 28.6. The summed E-state index contributed by atoms with van der Waals surface area (Å²) in [6.07, 6.45) is 5.84. The molecule has 10 nitrogen and oxygen atoms in total. The Kier molecular flexibility index (Phi) is 15.9. The SMILES string of the molecule is COc1ccc(CCC[N+](CCCc2ccc(OC)cc2)(CCCc2ccc(OC)cc2)CCNC(=O)c2nc(Cl)c(N)nc2N)cc1.[Br-]. The Hall–Kier alpha value is -4.06. The largest absolute Gasteiger partial charge is 1.00 e.